The molecule has 0 spiro atoms. The fraction of sp³-hybridized carbons (Fsp3) is 0.562. The maximum absolute atomic E-state index is 12.0. The van der Waals surface area contributed by atoms with Crippen molar-refractivity contribution in [2.24, 2.45) is 5.73 Å². The monoisotopic (exact) mass is 275 g/mol. The van der Waals surface area contributed by atoms with Crippen molar-refractivity contribution in [1.29, 1.82) is 0 Å². The Morgan fingerprint density at radius 2 is 2.05 bits per heavy atom. The van der Waals surface area contributed by atoms with Crippen molar-refractivity contribution in [3.8, 4) is 0 Å². The Hall–Kier alpha value is -1.55. The number of anilines is 1. The van der Waals surface area contributed by atoms with Gasteiger partial charge in [-0.05, 0) is 37.0 Å². The molecule has 0 heterocycles. The highest BCUT2D eigenvalue weighted by molar-refractivity contribution is 5.81. The molecule has 0 radical (unpaired) electrons. The first kappa shape index (κ1) is 14.9. The largest absolute Gasteiger partial charge is 0.359 e. The number of rotatable bonds is 8. The summed E-state index contributed by atoms with van der Waals surface area (Å²) in [6, 6.07) is 8.75. The predicted molar refractivity (Wildman–Crippen MR) is 82.6 cm³/mol. The average Bonchev–Trinajstić information content (AvgIpc) is 3.30. The van der Waals surface area contributed by atoms with Gasteiger partial charge in [0.1, 0.15) is 0 Å². The predicted octanol–water partition coefficient (Wildman–Crippen LogP) is 2.03. The van der Waals surface area contributed by atoms with Gasteiger partial charge in [-0.3, -0.25) is 4.79 Å². The Labute approximate surface area is 121 Å². The summed E-state index contributed by atoms with van der Waals surface area (Å²) in [4.78, 5) is 14.2. The Morgan fingerprint density at radius 3 is 2.60 bits per heavy atom. The molecule has 1 aromatic rings. The third kappa shape index (κ3) is 4.23. The molecular formula is C16H25N3O. The van der Waals surface area contributed by atoms with E-state index in [2.05, 4.69) is 29.3 Å². The Morgan fingerprint density at radius 1 is 1.35 bits per heavy atom. The Bertz CT molecular complexity index is 426. The van der Waals surface area contributed by atoms with Crippen LogP contribution in [0.5, 0.6) is 0 Å². The van der Waals surface area contributed by atoms with Crippen molar-refractivity contribution >= 4 is 11.6 Å². The van der Waals surface area contributed by atoms with Gasteiger partial charge in [0.2, 0.25) is 5.91 Å². The Balaban J connectivity index is 1.94. The van der Waals surface area contributed by atoms with Crippen LogP contribution >= 0.6 is 0 Å². The lowest BCUT2D eigenvalue weighted by molar-refractivity contribution is -0.119. The molecule has 2 rings (SSSR count). The van der Waals surface area contributed by atoms with Crippen LogP contribution < -0.4 is 16.0 Å². The third-order valence-corrected chi connectivity index (χ3v) is 3.66. The number of benzene rings is 1. The van der Waals surface area contributed by atoms with Gasteiger partial charge in [0, 0.05) is 24.8 Å². The highest BCUT2D eigenvalue weighted by Crippen LogP contribution is 2.31. The van der Waals surface area contributed by atoms with Crippen molar-refractivity contribution in [2.75, 3.05) is 18.0 Å². The van der Waals surface area contributed by atoms with Gasteiger partial charge < -0.3 is 16.0 Å². The molecule has 110 valence electrons. The van der Waals surface area contributed by atoms with Gasteiger partial charge in [0.05, 0.1) is 6.54 Å². The number of hydrogen-bond acceptors (Lipinski definition) is 3. The second kappa shape index (κ2) is 7.29. The molecule has 0 unspecified atom stereocenters. The van der Waals surface area contributed by atoms with Crippen molar-refractivity contribution in [2.45, 2.75) is 45.2 Å². The number of nitrogens with one attached hydrogen (secondary N) is 1. The molecule has 1 aliphatic carbocycles. The first-order valence-electron chi connectivity index (χ1n) is 7.57. The number of nitrogens with two attached hydrogens (primary N) is 1. The maximum atomic E-state index is 12.0. The number of amides is 1. The second-order valence-electron chi connectivity index (χ2n) is 5.43. The molecule has 0 bridgehead atoms. The molecule has 1 saturated carbocycles. The zero-order chi connectivity index (χ0) is 14.4. The summed E-state index contributed by atoms with van der Waals surface area (Å²) in [5, 5.41) is 2.99. The highest BCUT2D eigenvalue weighted by atomic mass is 16.2. The number of nitrogens with zero attached hydrogens (tertiary/aromatic N) is 1. The molecule has 3 N–H and O–H groups in total. The summed E-state index contributed by atoms with van der Waals surface area (Å²) in [6.07, 6.45) is 4.51. The quantitative estimate of drug-likeness (QED) is 0.714. The van der Waals surface area contributed by atoms with E-state index in [0.29, 0.717) is 19.1 Å². The lowest BCUT2D eigenvalue weighted by Gasteiger charge is -2.24. The van der Waals surface area contributed by atoms with E-state index in [1.165, 1.54) is 12.8 Å². The van der Waals surface area contributed by atoms with Gasteiger partial charge in [0.25, 0.3) is 0 Å². The van der Waals surface area contributed by atoms with Crippen LogP contribution in [0.15, 0.2) is 24.3 Å². The van der Waals surface area contributed by atoms with E-state index >= 15 is 0 Å². The van der Waals surface area contributed by atoms with Crippen LogP contribution in [0, 0.1) is 0 Å². The summed E-state index contributed by atoms with van der Waals surface area (Å²) in [5.74, 6) is 0.119. The average molecular weight is 275 g/mol. The second-order valence-corrected chi connectivity index (χ2v) is 5.43. The zero-order valence-electron chi connectivity index (χ0n) is 12.3. The van der Waals surface area contributed by atoms with Gasteiger partial charge in [-0.2, -0.15) is 0 Å². The number of hydrogen-bond donors (Lipinski definition) is 2. The third-order valence-electron chi connectivity index (χ3n) is 3.66. The molecule has 0 aliphatic heterocycles. The van der Waals surface area contributed by atoms with Crippen LogP contribution in [0.4, 0.5) is 5.69 Å². The number of carbonyl (C=O) groups is 1. The summed E-state index contributed by atoms with van der Waals surface area (Å²) in [6.45, 7) is 3.92. The van der Waals surface area contributed by atoms with Crippen LogP contribution in [0.25, 0.3) is 0 Å². The fourth-order valence-corrected chi connectivity index (χ4v) is 2.26. The van der Waals surface area contributed by atoms with Gasteiger partial charge in [0.15, 0.2) is 0 Å². The van der Waals surface area contributed by atoms with Crippen LogP contribution in [-0.4, -0.2) is 25.0 Å². The molecule has 1 aliphatic rings. The minimum absolute atomic E-state index is 0.119. The molecule has 4 nitrogen and oxygen atoms in total. The molecular weight excluding hydrogens is 250 g/mol. The van der Waals surface area contributed by atoms with Crippen molar-refractivity contribution < 1.29 is 4.79 Å². The first-order valence-corrected chi connectivity index (χ1v) is 7.57. The van der Waals surface area contributed by atoms with E-state index in [0.717, 1.165) is 30.6 Å². The van der Waals surface area contributed by atoms with Crippen LogP contribution in [0.1, 0.15) is 38.2 Å². The van der Waals surface area contributed by atoms with Gasteiger partial charge >= 0.3 is 0 Å². The standard InChI is InChI=1S/C16H25N3O/c1-2-3-10-18-16(20)12-19(15-8-9-15)14-6-4-13(11-17)5-7-14/h4-7,15H,2-3,8-12,17H2,1H3,(H,18,20). The Kier molecular flexibility index (Phi) is 5.41. The first-order chi connectivity index (χ1) is 9.74. The fourth-order valence-electron chi connectivity index (χ4n) is 2.26. The van der Waals surface area contributed by atoms with Crippen molar-refractivity contribution in [1.82, 2.24) is 5.32 Å². The molecule has 1 fully saturated rings. The zero-order valence-corrected chi connectivity index (χ0v) is 12.3. The summed E-state index contributed by atoms with van der Waals surface area (Å²) >= 11 is 0. The van der Waals surface area contributed by atoms with Gasteiger partial charge in [-0.15, -0.1) is 0 Å². The van der Waals surface area contributed by atoms with Crippen LogP contribution in [-0.2, 0) is 11.3 Å². The minimum Gasteiger partial charge on any atom is -0.359 e. The molecule has 20 heavy (non-hydrogen) atoms. The maximum Gasteiger partial charge on any atom is 0.239 e. The molecule has 1 aromatic carbocycles. The molecule has 1 amide bonds. The van der Waals surface area contributed by atoms with E-state index in [-0.39, 0.29) is 5.91 Å². The van der Waals surface area contributed by atoms with E-state index in [1.807, 2.05) is 12.1 Å². The molecule has 0 saturated heterocycles. The number of unbranched alkanes of at least 4 members (excludes halogenated alkanes) is 1. The van der Waals surface area contributed by atoms with E-state index in [9.17, 15) is 4.79 Å². The molecule has 0 atom stereocenters. The van der Waals surface area contributed by atoms with Crippen molar-refractivity contribution in [3.63, 3.8) is 0 Å². The number of carbonyl (C=O) groups excluding carboxylic acids is 1. The van der Waals surface area contributed by atoms with E-state index in [1.54, 1.807) is 0 Å². The normalized spacial score (nSPS) is 14.1. The van der Waals surface area contributed by atoms with Crippen LogP contribution in [0.2, 0.25) is 0 Å². The minimum atomic E-state index is 0.119. The summed E-state index contributed by atoms with van der Waals surface area (Å²) in [5.41, 5.74) is 7.86. The van der Waals surface area contributed by atoms with Gasteiger partial charge in [-0.25, -0.2) is 0 Å². The van der Waals surface area contributed by atoms with Crippen molar-refractivity contribution in [3.05, 3.63) is 29.8 Å². The lowest BCUT2D eigenvalue weighted by atomic mass is 10.2. The lowest BCUT2D eigenvalue weighted by Crippen LogP contribution is -2.38. The summed E-state index contributed by atoms with van der Waals surface area (Å²) < 4.78 is 0. The summed E-state index contributed by atoms with van der Waals surface area (Å²) in [7, 11) is 0. The SMILES string of the molecule is CCCCNC(=O)CN(c1ccc(CN)cc1)C1CC1. The van der Waals surface area contributed by atoms with Gasteiger partial charge in [-0.1, -0.05) is 25.5 Å². The topological polar surface area (TPSA) is 58.4 Å². The molecule has 4 heteroatoms. The van der Waals surface area contributed by atoms with E-state index in [4.69, 9.17) is 5.73 Å². The van der Waals surface area contributed by atoms with E-state index < -0.39 is 0 Å². The smallest absolute Gasteiger partial charge is 0.239 e. The molecule has 0 aromatic heterocycles. The highest BCUT2D eigenvalue weighted by Gasteiger charge is 2.30. The van der Waals surface area contributed by atoms with Crippen LogP contribution in [0.3, 0.4) is 0 Å².